The van der Waals surface area contributed by atoms with Crippen LogP contribution in [0.5, 0.6) is 5.75 Å². The summed E-state index contributed by atoms with van der Waals surface area (Å²) in [7, 11) is 0. The number of pyridine rings is 1. The predicted molar refractivity (Wildman–Crippen MR) is 107 cm³/mol. The number of aryl methyl sites for hydroxylation is 2. The first-order chi connectivity index (χ1) is 14.8. The fourth-order valence-electron chi connectivity index (χ4n) is 3.55. The molecule has 0 aliphatic carbocycles. The molecule has 31 heavy (non-hydrogen) atoms. The number of imidazole rings is 1. The first-order valence-corrected chi connectivity index (χ1v) is 9.59. The zero-order valence-electron chi connectivity index (χ0n) is 17.1. The van der Waals surface area contributed by atoms with Crippen molar-refractivity contribution < 1.29 is 27.9 Å². The van der Waals surface area contributed by atoms with Crippen LogP contribution in [0.15, 0.2) is 35.0 Å². The van der Waals surface area contributed by atoms with Crippen molar-refractivity contribution in [3.63, 3.8) is 0 Å². The fourth-order valence-corrected chi connectivity index (χ4v) is 3.55. The second-order valence-electron chi connectivity index (χ2n) is 7.11. The molecule has 160 valence electrons. The molecule has 3 aromatic heterocycles. The Morgan fingerprint density at radius 1 is 1.23 bits per heavy atom. The van der Waals surface area contributed by atoms with Gasteiger partial charge in [-0.15, -0.1) is 0 Å². The van der Waals surface area contributed by atoms with Crippen LogP contribution in [0, 0.1) is 25.5 Å². The van der Waals surface area contributed by atoms with Gasteiger partial charge < -0.3 is 14.4 Å². The molecule has 0 saturated carbocycles. The highest BCUT2D eigenvalue weighted by atomic mass is 19.1. The summed E-state index contributed by atoms with van der Waals surface area (Å²) in [6, 6.07) is 5.34. The van der Waals surface area contributed by atoms with E-state index in [9.17, 15) is 18.7 Å². The molecule has 0 atom stereocenters. The molecule has 0 saturated heterocycles. The van der Waals surface area contributed by atoms with Crippen molar-refractivity contribution in [2.75, 3.05) is 0 Å². The minimum atomic E-state index is -1.18. The summed E-state index contributed by atoms with van der Waals surface area (Å²) in [6.45, 7) is 5.08. The lowest BCUT2D eigenvalue weighted by Gasteiger charge is -2.11. The van der Waals surface area contributed by atoms with Gasteiger partial charge in [0.2, 0.25) is 0 Å². The number of aromatic nitrogens is 3. The fraction of sp³-hybridized carbons (Fsp3) is 0.227. The van der Waals surface area contributed by atoms with Gasteiger partial charge >= 0.3 is 5.97 Å². The van der Waals surface area contributed by atoms with Gasteiger partial charge in [0.05, 0.1) is 11.3 Å². The van der Waals surface area contributed by atoms with E-state index in [1.54, 1.807) is 23.6 Å². The molecule has 1 N–H and O–H groups in total. The maximum Gasteiger partial charge on any atom is 0.358 e. The van der Waals surface area contributed by atoms with E-state index >= 15 is 0 Å². The lowest BCUT2D eigenvalue weighted by molar-refractivity contribution is 0.0684. The molecule has 3 heterocycles. The summed E-state index contributed by atoms with van der Waals surface area (Å²) in [4.78, 5) is 16.0. The van der Waals surface area contributed by atoms with Gasteiger partial charge in [-0.25, -0.2) is 18.6 Å². The van der Waals surface area contributed by atoms with Gasteiger partial charge in [-0.2, -0.15) is 0 Å². The normalized spacial score (nSPS) is 11.3. The van der Waals surface area contributed by atoms with Crippen LogP contribution < -0.4 is 4.74 Å². The number of carboxylic acid groups (broad SMARTS) is 1. The van der Waals surface area contributed by atoms with Gasteiger partial charge in [-0.05, 0) is 44.0 Å². The molecule has 7 nitrogen and oxygen atoms in total. The SMILES string of the molecule is CCc1c(C(=O)O)noc1-c1c(C)nc2c(OCc3c(F)cccc3F)cc(C)cn12. The topological polar surface area (TPSA) is 89.9 Å². The highest BCUT2D eigenvalue weighted by molar-refractivity contribution is 5.89. The second kappa shape index (κ2) is 7.82. The standard InChI is InChI=1S/C22H19F2N3O4/c1-4-13-18(22(28)29)26-31-20(13)19-12(3)25-21-17(8-11(2)9-27(19)21)30-10-14-15(23)6-5-7-16(14)24/h5-9H,4,10H2,1-3H3,(H,28,29). The second-order valence-corrected chi connectivity index (χ2v) is 7.11. The number of halogens is 2. The Kier molecular flexibility index (Phi) is 5.18. The Balaban J connectivity index is 1.82. The quantitative estimate of drug-likeness (QED) is 0.479. The number of fused-ring (bicyclic) bond motifs is 1. The molecule has 0 aliphatic heterocycles. The largest absolute Gasteiger partial charge is 0.485 e. The van der Waals surface area contributed by atoms with E-state index in [1.165, 1.54) is 18.2 Å². The molecule has 4 rings (SSSR count). The molecule has 1 aromatic carbocycles. The van der Waals surface area contributed by atoms with Crippen molar-refractivity contribution >= 4 is 11.6 Å². The number of ether oxygens (including phenoxy) is 1. The smallest absolute Gasteiger partial charge is 0.358 e. The van der Waals surface area contributed by atoms with Gasteiger partial charge in [-0.3, -0.25) is 4.40 Å². The van der Waals surface area contributed by atoms with Crippen LogP contribution in [0.4, 0.5) is 8.78 Å². The van der Waals surface area contributed by atoms with Crippen LogP contribution in [-0.4, -0.2) is 25.6 Å². The first-order valence-electron chi connectivity index (χ1n) is 9.59. The predicted octanol–water partition coefficient (Wildman–Crippen LogP) is 4.72. The highest BCUT2D eigenvalue weighted by Crippen LogP contribution is 2.34. The Hall–Kier alpha value is -3.75. The molecule has 0 spiro atoms. The van der Waals surface area contributed by atoms with Crippen molar-refractivity contribution in [1.82, 2.24) is 14.5 Å². The van der Waals surface area contributed by atoms with E-state index in [-0.39, 0.29) is 17.9 Å². The van der Waals surface area contributed by atoms with Crippen molar-refractivity contribution in [2.45, 2.75) is 33.8 Å². The van der Waals surface area contributed by atoms with Crippen molar-refractivity contribution in [3.8, 4) is 17.2 Å². The van der Waals surface area contributed by atoms with Crippen LogP contribution in [0.1, 0.15) is 39.8 Å². The highest BCUT2D eigenvalue weighted by Gasteiger charge is 2.26. The van der Waals surface area contributed by atoms with Gasteiger partial charge in [0.15, 0.2) is 22.9 Å². The summed E-state index contributed by atoms with van der Waals surface area (Å²) in [5, 5.41) is 13.1. The maximum absolute atomic E-state index is 14.0. The minimum Gasteiger partial charge on any atom is -0.485 e. The van der Waals surface area contributed by atoms with E-state index in [1.807, 2.05) is 13.8 Å². The van der Waals surface area contributed by atoms with Crippen LogP contribution in [0.25, 0.3) is 17.1 Å². The third-order valence-electron chi connectivity index (χ3n) is 4.99. The number of hydrogen-bond acceptors (Lipinski definition) is 5. The summed E-state index contributed by atoms with van der Waals surface area (Å²) in [5.74, 6) is -1.93. The molecular formula is C22H19F2N3O4. The number of carboxylic acids is 1. The van der Waals surface area contributed by atoms with E-state index in [2.05, 4.69) is 10.1 Å². The summed E-state index contributed by atoms with van der Waals surface area (Å²) >= 11 is 0. The van der Waals surface area contributed by atoms with Crippen LogP contribution in [0.3, 0.4) is 0 Å². The van der Waals surface area contributed by atoms with Gasteiger partial charge in [0.25, 0.3) is 0 Å². The third kappa shape index (κ3) is 3.52. The number of hydrogen-bond donors (Lipinski definition) is 1. The minimum absolute atomic E-state index is 0.147. The molecule has 0 amide bonds. The molecule has 0 unspecified atom stereocenters. The monoisotopic (exact) mass is 427 g/mol. The number of rotatable bonds is 6. The zero-order chi connectivity index (χ0) is 22.3. The van der Waals surface area contributed by atoms with Crippen molar-refractivity contribution in [3.05, 3.63) is 70.2 Å². The number of carbonyl (C=O) groups is 1. The van der Waals surface area contributed by atoms with E-state index in [0.29, 0.717) is 40.5 Å². The zero-order valence-corrected chi connectivity index (χ0v) is 17.1. The molecular weight excluding hydrogens is 408 g/mol. The first kappa shape index (κ1) is 20.5. The lowest BCUT2D eigenvalue weighted by atomic mass is 10.1. The summed E-state index contributed by atoms with van der Waals surface area (Å²) in [5.41, 5.74) is 2.44. The molecule has 4 aromatic rings. The van der Waals surface area contributed by atoms with E-state index in [0.717, 1.165) is 5.56 Å². The third-order valence-corrected chi connectivity index (χ3v) is 4.99. The molecule has 0 radical (unpaired) electrons. The van der Waals surface area contributed by atoms with E-state index in [4.69, 9.17) is 9.26 Å². The Morgan fingerprint density at radius 3 is 2.58 bits per heavy atom. The van der Waals surface area contributed by atoms with Crippen molar-refractivity contribution in [2.24, 2.45) is 0 Å². The number of benzene rings is 1. The van der Waals surface area contributed by atoms with E-state index < -0.39 is 17.6 Å². The molecule has 0 fully saturated rings. The Bertz CT molecular complexity index is 1290. The average molecular weight is 427 g/mol. The molecule has 9 heteroatoms. The maximum atomic E-state index is 14.0. The van der Waals surface area contributed by atoms with Crippen molar-refractivity contribution in [1.29, 1.82) is 0 Å². The Morgan fingerprint density at radius 2 is 1.94 bits per heavy atom. The van der Waals surface area contributed by atoms with Crippen LogP contribution in [0.2, 0.25) is 0 Å². The van der Waals surface area contributed by atoms with Gasteiger partial charge in [-0.1, -0.05) is 18.1 Å². The lowest BCUT2D eigenvalue weighted by Crippen LogP contribution is -2.04. The van der Waals surface area contributed by atoms with Gasteiger partial charge in [0, 0.05) is 11.8 Å². The summed E-state index contributed by atoms with van der Waals surface area (Å²) in [6.07, 6.45) is 2.19. The van der Waals surface area contributed by atoms with Gasteiger partial charge in [0.1, 0.15) is 23.9 Å². The summed E-state index contributed by atoms with van der Waals surface area (Å²) < 4.78 is 40.8. The molecule has 0 bridgehead atoms. The number of aromatic carboxylic acids is 1. The number of nitrogens with zero attached hydrogens (tertiary/aromatic N) is 3. The van der Waals surface area contributed by atoms with Crippen LogP contribution >= 0.6 is 0 Å². The van der Waals surface area contributed by atoms with Crippen LogP contribution in [-0.2, 0) is 13.0 Å². The average Bonchev–Trinajstić information content (AvgIpc) is 3.27. The molecule has 0 aliphatic rings. The Labute approximate surface area is 175 Å².